The van der Waals surface area contributed by atoms with Gasteiger partial charge >= 0.3 is 0 Å². The first kappa shape index (κ1) is 20.3. The quantitative estimate of drug-likeness (QED) is 0.446. The number of carbonyl (C=O) groups excluding carboxylic acids is 2. The van der Waals surface area contributed by atoms with Crippen molar-refractivity contribution >= 4 is 40.2 Å². The van der Waals surface area contributed by atoms with Crippen LogP contribution in [0.2, 0.25) is 0 Å². The number of hydrogen-bond acceptors (Lipinski definition) is 7. The number of nitrogens with zero attached hydrogens (tertiary/aromatic N) is 3. The van der Waals surface area contributed by atoms with Gasteiger partial charge in [0, 0.05) is 23.7 Å². The van der Waals surface area contributed by atoms with E-state index in [1.54, 1.807) is 24.3 Å². The van der Waals surface area contributed by atoms with Crippen LogP contribution in [-0.4, -0.2) is 33.8 Å². The zero-order valence-corrected chi connectivity index (χ0v) is 18.5. The topological polar surface area (TPSA) is 108 Å². The van der Waals surface area contributed by atoms with E-state index in [9.17, 15) is 14.9 Å². The van der Waals surface area contributed by atoms with Crippen molar-refractivity contribution in [2.45, 2.75) is 16.7 Å². The van der Waals surface area contributed by atoms with Gasteiger partial charge in [0.25, 0.3) is 0 Å². The molecular weight excluding hydrogens is 452 g/mol. The summed E-state index contributed by atoms with van der Waals surface area (Å²) >= 11 is 1.14. The second-order valence-corrected chi connectivity index (χ2v) is 9.05. The van der Waals surface area contributed by atoms with Crippen molar-refractivity contribution in [2.24, 2.45) is 0 Å². The molecule has 1 fully saturated rings. The van der Waals surface area contributed by atoms with E-state index in [1.165, 1.54) is 4.90 Å². The predicted molar refractivity (Wildman–Crippen MR) is 126 cm³/mol. The van der Waals surface area contributed by atoms with Crippen LogP contribution < -0.4 is 14.4 Å². The minimum Gasteiger partial charge on any atom is -0.454 e. The van der Waals surface area contributed by atoms with E-state index < -0.39 is 5.25 Å². The number of carbonyl (C=O) groups is 2. The lowest BCUT2D eigenvalue weighted by Gasteiger charge is -2.15. The number of imide groups is 1. The molecule has 9 heteroatoms. The fourth-order valence-corrected chi connectivity index (χ4v) is 5.20. The van der Waals surface area contributed by atoms with E-state index >= 15 is 0 Å². The lowest BCUT2D eigenvalue weighted by molar-refractivity contribution is -0.121. The Morgan fingerprint density at radius 2 is 1.94 bits per heavy atom. The van der Waals surface area contributed by atoms with Gasteiger partial charge in [-0.15, -0.1) is 0 Å². The van der Waals surface area contributed by atoms with Gasteiger partial charge in [0.05, 0.1) is 22.2 Å². The molecule has 0 spiro atoms. The third-order valence-electron chi connectivity index (χ3n) is 5.80. The number of rotatable bonds is 4. The van der Waals surface area contributed by atoms with Crippen molar-refractivity contribution in [3.8, 4) is 28.8 Å². The second kappa shape index (κ2) is 7.93. The SMILES string of the molecule is N#Cc1ccc(-c2ccc3c(c2)OCO3)nc1SC1CC(=O)N(c2ccc3cc[nH]c3c2)C1=O. The highest BCUT2D eigenvalue weighted by atomic mass is 32.2. The highest BCUT2D eigenvalue weighted by molar-refractivity contribution is 8.00. The van der Waals surface area contributed by atoms with Gasteiger partial charge in [-0.2, -0.15) is 5.26 Å². The van der Waals surface area contributed by atoms with Gasteiger partial charge in [0.1, 0.15) is 11.1 Å². The van der Waals surface area contributed by atoms with Crippen LogP contribution in [0, 0.1) is 11.3 Å². The number of aromatic nitrogens is 2. The van der Waals surface area contributed by atoms with Gasteiger partial charge in [0.15, 0.2) is 11.5 Å². The number of ether oxygens (including phenoxy) is 2. The van der Waals surface area contributed by atoms with Crippen LogP contribution in [0.25, 0.3) is 22.2 Å². The van der Waals surface area contributed by atoms with Gasteiger partial charge in [0.2, 0.25) is 18.6 Å². The molecule has 34 heavy (non-hydrogen) atoms. The van der Waals surface area contributed by atoms with E-state index in [0.717, 1.165) is 28.2 Å². The third-order valence-corrected chi connectivity index (χ3v) is 6.99. The first-order chi connectivity index (χ1) is 16.6. The van der Waals surface area contributed by atoms with E-state index in [4.69, 9.17) is 9.47 Å². The maximum absolute atomic E-state index is 13.2. The first-order valence-electron chi connectivity index (χ1n) is 10.5. The van der Waals surface area contributed by atoms with Gasteiger partial charge in [-0.3, -0.25) is 9.59 Å². The Balaban J connectivity index is 1.29. The maximum Gasteiger partial charge on any atom is 0.247 e. The van der Waals surface area contributed by atoms with E-state index in [0.29, 0.717) is 33.5 Å². The zero-order chi connectivity index (χ0) is 23.2. The lowest BCUT2D eigenvalue weighted by atomic mass is 10.1. The molecule has 4 aromatic rings. The zero-order valence-electron chi connectivity index (χ0n) is 17.6. The Labute approximate surface area is 198 Å². The van der Waals surface area contributed by atoms with Crippen LogP contribution in [0.15, 0.2) is 65.8 Å². The van der Waals surface area contributed by atoms with Gasteiger partial charge in [-0.1, -0.05) is 17.8 Å². The number of H-pyrrole nitrogens is 1. The van der Waals surface area contributed by atoms with Crippen LogP contribution in [-0.2, 0) is 9.59 Å². The molecule has 2 aromatic heterocycles. The minimum absolute atomic E-state index is 0.0348. The van der Waals surface area contributed by atoms with E-state index in [-0.39, 0.29) is 25.0 Å². The molecule has 2 aromatic carbocycles. The van der Waals surface area contributed by atoms with Crippen molar-refractivity contribution < 1.29 is 19.1 Å². The number of anilines is 1. The summed E-state index contributed by atoms with van der Waals surface area (Å²) in [5, 5.41) is 10.3. The molecule has 1 atom stereocenters. The molecule has 2 aliphatic heterocycles. The van der Waals surface area contributed by atoms with Gasteiger partial charge in [-0.25, -0.2) is 9.88 Å². The molecule has 2 amide bonds. The number of benzene rings is 2. The van der Waals surface area contributed by atoms with E-state index in [2.05, 4.69) is 16.0 Å². The van der Waals surface area contributed by atoms with Crippen LogP contribution >= 0.6 is 11.8 Å². The monoisotopic (exact) mass is 468 g/mol. The normalized spacial score (nSPS) is 16.9. The molecule has 2 aliphatic rings. The van der Waals surface area contributed by atoms with Gasteiger partial charge in [-0.05, 0) is 53.9 Å². The standard InChI is InChI=1S/C25H16N4O4S/c26-12-16-2-5-18(15-3-6-20-21(9-15)33-13-32-20)28-24(16)34-22-11-23(30)29(25(22)31)17-4-1-14-7-8-27-19(14)10-17/h1-10,22,27H,11,13H2. The van der Waals surface area contributed by atoms with Crippen LogP contribution in [0.4, 0.5) is 5.69 Å². The number of nitrogens with one attached hydrogen (secondary N) is 1. The number of thioether (sulfide) groups is 1. The molecular formula is C25H16N4O4S. The van der Waals surface area contributed by atoms with Crippen LogP contribution in [0.5, 0.6) is 11.5 Å². The number of hydrogen-bond donors (Lipinski definition) is 1. The van der Waals surface area contributed by atoms with Crippen molar-refractivity contribution in [3.63, 3.8) is 0 Å². The summed E-state index contributed by atoms with van der Waals surface area (Å²) in [6.45, 7) is 0.172. The number of fused-ring (bicyclic) bond motifs is 2. The largest absolute Gasteiger partial charge is 0.454 e. The third kappa shape index (κ3) is 3.36. The highest BCUT2D eigenvalue weighted by Gasteiger charge is 2.41. The number of nitriles is 1. The molecule has 1 unspecified atom stereocenters. The number of amides is 2. The fourth-order valence-electron chi connectivity index (χ4n) is 4.11. The molecule has 0 radical (unpaired) electrons. The van der Waals surface area contributed by atoms with Gasteiger partial charge < -0.3 is 14.5 Å². The second-order valence-electron chi connectivity index (χ2n) is 7.86. The van der Waals surface area contributed by atoms with Crippen molar-refractivity contribution in [3.05, 3.63) is 66.4 Å². The highest BCUT2D eigenvalue weighted by Crippen LogP contribution is 2.38. The molecule has 1 N–H and O–H groups in total. The number of aromatic amines is 1. The van der Waals surface area contributed by atoms with Crippen molar-refractivity contribution in [1.82, 2.24) is 9.97 Å². The molecule has 0 aliphatic carbocycles. The summed E-state index contributed by atoms with van der Waals surface area (Å²) in [7, 11) is 0. The summed E-state index contributed by atoms with van der Waals surface area (Å²) in [6.07, 6.45) is 1.84. The number of pyridine rings is 1. The van der Waals surface area contributed by atoms with Crippen molar-refractivity contribution in [2.75, 3.05) is 11.7 Å². The summed E-state index contributed by atoms with van der Waals surface area (Å²) in [5.41, 5.74) is 3.15. The molecule has 0 saturated carbocycles. The summed E-state index contributed by atoms with van der Waals surface area (Å²) < 4.78 is 10.8. The average Bonchev–Trinajstić information content (AvgIpc) is 3.57. The predicted octanol–water partition coefficient (Wildman–Crippen LogP) is 4.25. The van der Waals surface area contributed by atoms with E-state index in [1.807, 2.05) is 36.5 Å². The Kier molecular flexibility index (Phi) is 4.74. The Morgan fingerprint density at radius 1 is 1.06 bits per heavy atom. The van der Waals surface area contributed by atoms with Crippen molar-refractivity contribution in [1.29, 1.82) is 5.26 Å². The summed E-state index contributed by atoms with van der Waals surface area (Å²) in [5.74, 6) is 0.697. The molecule has 166 valence electrons. The maximum atomic E-state index is 13.2. The Bertz CT molecular complexity index is 1520. The molecule has 6 rings (SSSR count). The minimum atomic E-state index is -0.668. The molecule has 0 bridgehead atoms. The average molecular weight is 468 g/mol. The first-order valence-corrected chi connectivity index (χ1v) is 11.4. The molecule has 1 saturated heterocycles. The Hall–Kier alpha value is -4.29. The molecule has 4 heterocycles. The smallest absolute Gasteiger partial charge is 0.247 e. The summed E-state index contributed by atoms with van der Waals surface area (Å²) in [4.78, 5) is 35.0. The van der Waals surface area contributed by atoms with Crippen LogP contribution in [0.1, 0.15) is 12.0 Å². The summed E-state index contributed by atoms with van der Waals surface area (Å²) in [6, 6.07) is 18.4. The molecule has 8 nitrogen and oxygen atoms in total. The fraction of sp³-hybridized carbons (Fsp3) is 0.120. The Morgan fingerprint density at radius 3 is 2.82 bits per heavy atom. The lowest BCUT2D eigenvalue weighted by Crippen LogP contribution is -2.31. The van der Waals surface area contributed by atoms with Crippen LogP contribution in [0.3, 0.4) is 0 Å².